The number of carbonyl (C=O) groups excluding carboxylic acids is 1. The molecule has 29 heavy (non-hydrogen) atoms. The second kappa shape index (κ2) is 8.92. The van der Waals surface area contributed by atoms with Gasteiger partial charge in [-0.25, -0.2) is 13.1 Å². The number of hydrogen-bond acceptors (Lipinski definition) is 4. The van der Waals surface area contributed by atoms with Crippen LogP contribution in [0.15, 0.2) is 24.3 Å². The van der Waals surface area contributed by atoms with Crippen molar-refractivity contribution in [2.75, 3.05) is 18.8 Å². The Labute approximate surface area is 179 Å². The summed E-state index contributed by atoms with van der Waals surface area (Å²) in [7, 11) is -3.52. The molecule has 1 aromatic carbocycles. The maximum Gasteiger partial charge on any atom is 0.241 e. The van der Waals surface area contributed by atoms with Gasteiger partial charge >= 0.3 is 0 Å². The van der Waals surface area contributed by atoms with Gasteiger partial charge in [-0.15, -0.1) is 0 Å². The summed E-state index contributed by atoms with van der Waals surface area (Å²) in [5.41, 5.74) is -0.967. The van der Waals surface area contributed by atoms with Gasteiger partial charge in [-0.05, 0) is 36.5 Å². The third-order valence-corrected chi connectivity index (χ3v) is 7.61. The molecule has 2 rings (SSSR count). The maximum atomic E-state index is 13.2. The molecule has 1 heterocycles. The first-order valence-corrected chi connectivity index (χ1v) is 12.1. The van der Waals surface area contributed by atoms with Gasteiger partial charge in [0.25, 0.3) is 0 Å². The summed E-state index contributed by atoms with van der Waals surface area (Å²) in [6, 6.07) is 6.32. The number of halogens is 1. The van der Waals surface area contributed by atoms with Crippen LogP contribution < -0.4 is 4.72 Å². The zero-order chi connectivity index (χ0) is 22.0. The lowest BCUT2D eigenvalue weighted by molar-refractivity contribution is -0.155. The lowest BCUT2D eigenvalue weighted by atomic mass is 9.66. The van der Waals surface area contributed by atoms with Crippen molar-refractivity contribution in [2.24, 2.45) is 11.3 Å². The molecule has 1 saturated heterocycles. The number of benzene rings is 1. The Balaban J connectivity index is 2.23. The van der Waals surface area contributed by atoms with E-state index in [0.717, 1.165) is 5.56 Å². The molecule has 1 aliphatic heterocycles. The Hall–Kier alpha value is -1.15. The van der Waals surface area contributed by atoms with E-state index in [1.807, 2.05) is 39.8 Å². The summed E-state index contributed by atoms with van der Waals surface area (Å²) in [4.78, 5) is 14.9. The number of carbonyl (C=O) groups is 1. The van der Waals surface area contributed by atoms with E-state index in [4.69, 9.17) is 11.6 Å². The van der Waals surface area contributed by atoms with E-state index in [0.29, 0.717) is 31.0 Å². The minimum atomic E-state index is -3.52. The van der Waals surface area contributed by atoms with Crippen LogP contribution in [0.1, 0.15) is 53.0 Å². The van der Waals surface area contributed by atoms with Crippen LogP contribution in [-0.2, 0) is 20.4 Å². The predicted octanol–water partition coefficient (Wildman–Crippen LogP) is 3.14. The van der Waals surface area contributed by atoms with E-state index in [1.165, 1.54) is 0 Å². The zero-order valence-corrected chi connectivity index (χ0v) is 19.5. The molecule has 0 unspecified atom stereocenters. The monoisotopic (exact) mass is 444 g/mol. The molecule has 0 aromatic heterocycles. The molecule has 1 fully saturated rings. The van der Waals surface area contributed by atoms with Gasteiger partial charge in [-0.3, -0.25) is 4.79 Å². The number of likely N-dealkylation sites (tertiary alicyclic amines) is 1. The second-order valence-electron chi connectivity index (χ2n) is 8.92. The van der Waals surface area contributed by atoms with Gasteiger partial charge in [0.05, 0.1) is 11.4 Å². The highest BCUT2D eigenvalue weighted by atomic mass is 35.5. The maximum absolute atomic E-state index is 13.2. The van der Waals surface area contributed by atoms with E-state index in [9.17, 15) is 18.3 Å². The minimum Gasteiger partial charge on any atom is -0.384 e. The van der Waals surface area contributed by atoms with E-state index in [2.05, 4.69) is 4.72 Å². The Kier molecular flexibility index (Phi) is 7.42. The summed E-state index contributed by atoms with van der Waals surface area (Å²) in [5, 5.41) is 12.1. The van der Waals surface area contributed by atoms with Crippen molar-refractivity contribution in [1.82, 2.24) is 9.62 Å². The molecular weight excluding hydrogens is 412 g/mol. The van der Waals surface area contributed by atoms with Crippen molar-refractivity contribution in [3.63, 3.8) is 0 Å². The molecule has 1 aromatic rings. The molecule has 1 aliphatic rings. The van der Waals surface area contributed by atoms with Crippen molar-refractivity contribution in [2.45, 2.75) is 59.1 Å². The van der Waals surface area contributed by atoms with Gasteiger partial charge in [0.15, 0.2) is 0 Å². The minimum absolute atomic E-state index is 0.00862. The molecule has 6 nitrogen and oxygen atoms in total. The van der Waals surface area contributed by atoms with E-state index < -0.39 is 27.1 Å². The molecule has 164 valence electrons. The van der Waals surface area contributed by atoms with Crippen LogP contribution in [-0.4, -0.2) is 49.2 Å². The highest BCUT2D eigenvalue weighted by Crippen LogP contribution is 2.46. The summed E-state index contributed by atoms with van der Waals surface area (Å²) in [6.45, 7) is 9.96. The molecule has 2 N–H and O–H groups in total. The number of hydrogen-bond donors (Lipinski definition) is 2. The van der Waals surface area contributed by atoms with Crippen LogP contribution in [0.3, 0.4) is 0 Å². The first kappa shape index (κ1) is 24.1. The van der Waals surface area contributed by atoms with Crippen LogP contribution in [0.2, 0.25) is 5.02 Å². The molecule has 0 spiro atoms. The van der Waals surface area contributed by atoms with Crippen LogP contribution in [0.5, 0.6) is 0 Å². The van der Waals surface area contributed by atoms with Gasteiger partial charge < -0.3 is 10.0 Å². The van der Waals surface area contributed by atoms with Gasteiger partial charge in [-0.1, -0.05) is 58.4 Å². The summed E-state index contributed by atoms with van der Waals surface area (Å²) >= 11 is 5.98. The number of aliphatic hydroxyl groups is 1. The zero-order valence-electron chi connectivity index (χ0n) is 17.9. The van der Waals surface area contributed by atoms with E-state index in [-0.39, 0.29) is 17.6 Å². The van der Waals surface area contributed by atoms with Crippen molar-refractivity contribution in [3.05, 3.63) is 34.9 Å². The second-order valence-corrected chi connectivity index (χ2v) is 11.2. The SMILES string of the molecule is CCCS(=O)(=O)N[C@@H](C(=O)N1CC[C@](O)(c2ccc(Cl)cc2)C(C)(C)C1)C(C)C. The summed E-state index contributed by atoms with van der Waals surface area (Å²) in [6.07, 6.45) is 0.846. The Morgan fingerprint density at radius 1 is 1.28 bits per heavy atom. The number of piperidine rings is 1. The Morgan fingerprint density at radius 2 is 1.86 bits per heavy atom. The third-order valence-electron chi connectivity index (χ3n) is 5.79. The summed E-state index contributed by atoms with van der Waals surface area (Å²) < 4.78 is 27.1. The third kappa shape index (κ3) is 5.32. The van der Waals surface area contributed by atoms with Gasteiger partial charge in [0.2, 0.25) is 15.9 Å². The fraction of sp³-hybridized carbons (Fsp3) is 0.667. The predicted molar refractivity (Wildman–Crippen MR) is 116 cm³/mol. The molecule has 2 atom stereocenters. The fourth-order valence-electron chi connectivity index (χ4n) is 3.96. The van der Waals surface area contributed by atoms with Crippen LogP contribution >= 0.6 is 11.6 Å². The standard InChI is InChI=1S/C21H33ClN2O4S/c1-6-13-29(27,28)23-18(15(2)3)19(25)24-12-11-21(26,20(4,5)14-24)16-7-9-17(22)10-8-16/h7-10,15,18,23,26H,6,11-14H2,1-5H3/t18-,21+/m1/s1. The van der Waals surface area contributed by atoms with Crippen LogP contribution in [0.25, 0.3) is 0 Å². The highest BCUT2D eigenvalue weighted by molar-refractivity contribution is 7.89. The van der Waals surface area contributed by atoms with E-state index in [1.54, 1.807) is 24.0 Å². The number of sulfonamides is 1. The quantitative estimate of drug-likeness (QED) is 0.676. The van der Waals surface area contributed by atoms with Crippen molar-refractivity contribution in [3.8, 4) is 0 Å². The number of rotatable bonds is 7. The smallest absolute Gasteiger partial charge is 0.241 e. The van der Waals surface area contributed by atoms with Gasteiger partial charge in [-0.2, -0.15) is 0 Å². The highest BCUT2D eigenvalue weighted by Gasteiger charge is 2.50. The average molecular weight is 445 g/mol. The van der Waals surface area contributed by atoms with Gasteiger partial charge in [0, 0.05) is 23.5 Å². The molecule has 1 amide bonds. The molecule has 0 bridgehead atoms. The number of nitrogens with zero attached hydrogens (tertiary/aromatic N) is 1. The van der Waals surface area contributed by atoms with Crippen molar-refractivity contribution in [1.29, 1.82) is 0 Å². The number of nitrogens with one attached hydrogen (secondary N) is 1. The largest absolute Gasteiger partial charge is 0.384 e. The molecule has 0 saturated carbocycles. The van der Waals surface area contributed by atoms with E-state index >= 15 is 0 Å². The van der Waals surface area contributed by atoms with Crippen LogP contribution in [0.4, 0.5) is 0 Å². The van der Waals surface area contributed by atoms with Crippen molar-refractivity contribution < 1.29 is 18.3 Å². The van der Waals surface area contributed by atoms with Crippen LogP contribution in [0, 0.1) is 11.3 Å². The van der Waals surface area contributed by atoms with Crippen molar-refractivity contribution >= 4 is 27.5 Å². The topological polar surface area (TPSA) is 86.7 Å². The lowest BCUT2D eigenvalue weighted by Crippen LogP contribution is -2.60. The fourth-order valence-corrected chi connectivity index (χ4v) is 5.50. The molecule has 0 aliphatic carbocycles. The Morgan fingerprint density at radius 3 is 2.34 bits per heavy atom. The summed E-state index contributed by atoms with van der Waals surface area (Å²) in [5.74, 6) is -0.439. The first-order valence-electron chi connectivity index (χ1n) is 10.1. The normalized spacial score (nSPS) is 23.2. The lowest BCUT2D eigenvalue weighted by Gasteiger charge is -2.51. The van der Waals surface area contributed by atoms with Gasteiger partial charge in [0.1, 0.15) is 6.04 Å². The Bertz CT molecular complexity index is 824. The first-order chi connectivity index (χ1) is 13.3. The number of amides is 1. The molecule has 0 radical (unpaired) electrons. The molecule has 8 heteroatoms. The molecular formula is C21H33ClN2O4S. The average Bonchev–Trinajstić information content (AvgIpc) is 2.61.